The van der Waals surface area contributed by atoms with Crippen molar-refractivity contribution in [2.75, 3.05) is 0 Å². The maximum Gasteiger partial charge on any atom is 0.120 e. The van der Waals surface area contributed by atoms with Gasteiger partial charge in [0.2, 0.25) is 0 Å². The second-order valence-electron chi connectivity index (χ2n) is 3.38. The molecule has 0 saturated carbocycles. The van der Waals surface area contributed by atoms with Crippen LogP contribution in [0.5, 0.6) is 0 Å². The van der Waals surface area contributed by atoms with Crippen molar-refractivity contribution in [2.45, 2.75) is 19.3 Å². The van der Waals surface area contributed by atoms with E-state index in [0.717, 1.165) is 11.8 Å². The van der Waals surface area contributed by atoms with Crippen molar-refractivity contribution in [1.82, 2.24) is 4.98 Å². The van der Waals surface area contributed by atoms with Gasteiger partial charge in [0.1, 0.15) is 6.29 Å². The second kappa shape index (κ2) is 3.88. The van der Waals surface area contributed by atoms with E-state index < -0.39 is 0 Å². The molecule has 0 aliphatic heterocycles. The summed E-state index contributed by atoms with van der Waals surface area (Å²) in [6.45, 7) is 2.07. The van der Waals surface area contributed by atoms with Gasteiger partial charge in [-0.15, -0.1) is 11.3 Å². The number of aldehydes is 1. The van der Waals surface area contributed by atoms with Crippen LogP contribution < -0.4 is 0 Å². The van der Waals surface area contributed by atoms with E-state index in [1.54, 1.807) is 11.3 Å². The summed E-state index contributed by atoms with van der Waals surface area (Å²) in [4.78, 5) is 14.6. The molecule has 0 bridgehead atoms. The van der Waals surface area contributed by atoms with Gasteiger partial charge < -0.3 is 4.79 Å². The van der Waals surface area contributed by atoms with Crippen molar-refractivity contribution in [2.24, 2.45) is 0 Å². The molecule has 0 radical (unpaired) electrons. The van der Waals surface area contributed by atoms with Crippen LogP contribution in [0.1, 0.15) is 24.8 Å². The molecule has 2 rings (SSSR count). The Morgan fingerprint density at radius 2 is 2.43 bits per heavy atom. The van der Waals surface area contributed by atoms with Gasteiger partial charge in [-0.1, -0.05) is 13.0 Å². The highest BCUT2D eigenvalue weighted by atomic mass is 32.1. The third-order valence-electron chi connectivity index (χ3n) is 2.37. The zero-order valence-corrected chi connectivity index (χ0v) is 8.75. The maximum absolute atomic E-state index is 10.4. The molecule has 72 valence electrons. The van der Waals surface area contributed by atoms with Crippen molar-refractivity contribution in [3.05, 3.63) is 29.3 Å². The van der Waals surface area contributed by atoms with Crippen molar-refractivity contribution in [3.63, 3.8) is 0 Å². The fourth-order valence-electron chi connectivity index (χ4n) is 1.46. The Morgan fingerprint density at radius 3 is 3.21 bits per heavy atom. The zero-order chi connectivity index (χ0) is 9.97. The third-order valence-corrected chi connectivity index (χ3v) is 3.17. The van der Waals surface area contributed by atoms with Crippen molar-refractivity contribution in [3.8, 4) is 0 Å². The molecule has 2 aromatic rings. The van der Waals surface area contributed by atoms with Gasteiger partial charge in [0.05, 0.1) is 15.7 Å². The van der Waals surface area contributed by atoms with Gasteiger partial charge in [0.15, 0.2) is 0 Å². The molecule has 1 heterocycles. The Kier molecular flexibility index (Phi) is 2.59. The van der Waals surface area contributed by atoms with Gasteiger partial charge in [0.25, 0.3) is 0 Å². The number of hydrogen-bond donors (Lipinski definition) is 0. The lowest BCUT2D eigenvalue weighted by Crippen LogP contribution is -1.93. The monoisotopic (exact) mass is 205 g/mol. The molecule has 0 N–H and O–H groups in total. The van der Waals surface area contributed by atoms with Crippen LogP contribution in [0.2, 0.25) is 0 Å². The van der Waals surface area contributed by atoms with Crippen molar-refractivity contribution >= 4 is 27.8 Å². The number of aromatic nitrogens is 1. The van der Waals surface area contributed by atoms with Crippen LogP contribution in [0.4, 0.5) is 0 Å². The molecule has 1 aromatic heterocycles. The number of thiazole rings is 1. The quantitative estimate of drug-likeness (QED) is 0.721. The number of rotatable bonds is 3. The summed E-state index contributed by atoms with van der Waals surface area (Å²) >= 11 is 1.64. The Labute approximate surface area is 86.6 Å². The van der Waals surface area contributed by atoms with Crippen LogP contribution in [-0.4, -0.2) is 11.3 Å². The molecule has 2 nitrogen and oxygen atoms in total. The smallest absolute Gasteiger partial charge is 0.120 e. The van der Waals surface area contributed by atoms with Crippen LogP contribution >= 0.6 is 11.3 Å². The van der Waals surface area contributed by atoms with Crippen molar-refractivity contribution in [1.29, 1.82) is 0 Å². The average Bonchev–Trinajstić information content (AvgIpc) is 2.64. The molecule has 1 atom stereocenters. The first-order valence-electron chi connectivity index (χ1n) is 4.58. The highest BCUT2D eigenvalue weighted by Crippen LogP contribution is 2.24. The van der Waals surface area contributed by atoms with Gasteiger partial charge in [-0.3, -0.25) is 0 Å². The Hall–Kier alpha value is -1.22. The molecule has 14 heavy (non-hydrogen) atoms. The summed E-state index contributed by atoms with van der Waals surface area (Å²) in [5.41, 5.74) is 4.10. The molecule has 0 saturated heterocycles. The van der Waals surface area contributed by atoms with Crippen LogP contribution in [0.15, 0.2) is 23.7 Å². The van der Waals surface area contributed by atoms with Gasteiger partial charge in [0, 0.05) is 6.42 Å². The average molecular weight is 205 g/mol. The first-order chi connectivity index (χ1) is 6.81. The molecule has 0 spiro atoms. The van der Waals surface area contributed by atoms with Gasteiger partial charge in [-0.2, -0.15) is 0 Å². The fraction of sp³-hybridized carbons (Fsp3) is 0.273. The molecule has 0 aliphatic carbocycles. The minimum atomic E-state index is 0.305. The summed E-state index contributed by atoms with van der Waals surface area (Å²) < 4.78 is 1.19. The predicted molar refractivity (Wildman–Crippen MR) is 58.7 cm³/mol. The standard InChI is InChI=1S/C11H11NOS/c1-8(4-5-13)9-2-3-10-11(6-9)14-7-12-10/h2-3,5-8H,4H2,1H3. The van der Waals surface area contributed by atoms with Gasteiger partial charge in [-0.05, 0) is 23.6 Å². The highest BCUT2D eigenvalue weighted by Gasteiger charge is 2.06. The van der Waals surface area contributed by atoms with E-state index in [9.17, 15) is 4.79 Å². The lowest BCUT2D eigenvalue weighted by molar-refractivity contribution is -0.108. The number of carbonyl (C=O) groups excluding carboxylic acids is 1. The summed E-state index contributed by atoms with van der Waals surface area (Å²) in [6, 6.07) is 6.19. The van der Waals surface area contributed by atoms with Crippen LogP contribution in [-0.2, 0) is 4.79 Å². The summed E-state index contributed by atoms with van der Waals surface area (Å²) in [5.74, 6) is 0.305. The van der Waals surface area contributed by atoms with E-state index >= 15 is 0 Å². The van der Waals surface area contributed by atoms with E-state index in [2.05, 4.69) is 24.0 Å². The Bertz CT molecular complexity index is 449. The van der Waals surface area contributed by atoms with E-state index in [4.69, 9.17) is 0 Å². The lowest BCUT2D eigenvalue weighted by Gasteiger charge is -2.07. The minimum Gasteiger partial charge on any atom is -0.303 e. The number of nitrogens with zero attached hydrogens (tertiary/aromatic N) is 1. The third kappa shape index (κ3) is 1.68. The minimum absolute atomic E-state index is 0.305. The van der Waals surface area contributed by atoms with Crippen LogP contribution in [0.25, 0.3) is 10.2 Å². The summed E-state index contributed by atoms with van der Waals surface area (Å²) in [7, 11) is 0. The van der Waals surface area contributed by atoms with E-state index in [-0.39, 0.29) is 0 Å². The maximum atomic E-state index is 10.4. The number of benzene rings is 1. The summed E-state index contributed by atoms with van der Waals surface area (Å²) in [6.07, 6.45) is 1.56. The zero-order valence-electron chi connectivity index (χ0n) is 7.93. The molecular weight excluding hydrogens is 194 g/mol. The molecule has 0 amide bonds. The topological polar surface area (TPSA) is 30.0 Å². The number of fused-ring (bicyclic) bond motifs is 1. The first kappa shape index (κ1) is 9.34. The Morgan fingerprint density at radius 1 is 1.57 bits per heavy atom. The molecular formula is C11H11NOS. The molecule has 0 aliphatic rings. The normalized spacial score (nSPS) is 12.9. The van der Waals surface area contributed by atoms with Gasteiger partial charge in [-0.25, -0.2) is 4.98 Å². The highest BCUT2D eigenvalue weighted by molar-refractivity contribution is 7.16. The molecule has 1 unspecified atom stereocenters. The van der Waals surface area contributed by atoms with Crippen LogP contribution in [0, 0.1) is 0 Å². The van der Waals surface area contributed by atoms with E-state index in [1.165, 1.54) is 10.3 Å². The molecule has 3 heteroatoms. The fourth-order valence-corrected chi connectivity index (χ4v) is 2.18. The molecule has 0 fully saturated rings. The van der Waals surface area contributed by atoms with Crippen LogP contribution in [0.3, 0.4) is 0 Å². The first-order valence-corrected chi connectivity index (χ1v) is 5.46. The van der Waals surface area contributed by atoms with E-state index in [1.807, 2.05) is 11.6 Å². The largest absolute Gasteiger partial charge is 0.303 e. The number of hydrogen-bond acceptors (Lipinski definition) is 3. The molecule has 1 aromatic carbocycles. The summed E-state index contributed by atoms with van der Waals surface area (Å²) in [5, 5.41) is 0. The predicted octanol–water partition coefficient (Wildman–Crippen LogP) is 2.99. The Balaban J connectivity index is 2.38. The van der Waals surface area contributed by atoms with E-state index in [0.29, 0.717) is 12.3 Å². The SMILES string of the molecule is CC(CC=O)c1ccc2ncsc2c1. The lowest BCUT2D eigenvalue weighted by atomic mass is 9.98. The number of carbonyl (C=O) groups is 1. The van der Waals surface area contributed by atoms with Gasteiger partial charge >= 0.3 is 0 Å². The van der Waals surface area contributed by atoms with Crippen molar-refractivity contribution < 1.29 is 4.79 Å². The second-order valence-corrected chi connectivity index (χ2v) is 4.27.